The van der Waals surface area contributed by atoms with E-state index in [4.69, 9.17) is 10.8 Å². The van der Waals surface area contributed by atoms with Gasteiger partial charge in [0.2, 0.25) is 0 Å². The summed E-state index contributed by atoms with van der Waals surface area (Å²) in [5.74, 6) is -0.916. The lowest BCUT2D eigenvalue weighted by molar-refractivity contribution is 0.0697. The lowest BCUT2D eigenvalue weighted by Crippen LogP contribution is -1.95. The van der Waals surface area contributed by atoms with Crippen LogP contribution in [0.3, 0.4) is 0 Å². The molecular formula is C14H13NO2. The minimum Gasteiger partial charge on any atom is -0.478 e. The second-order valence-electron chi connectivity index (χ2n) is 4.01. The van der Waals surface area contributed by atoms with Gasteiger partial charge in [-0.05, 0) is 47.9 Å². The topological polar surface area (TPSA) is 63.3 Å². The first-order valence-corrected chi connectivity index (χ1v) is 5.27. The van der Waals surface area contributed by atoms with E-state index in [-0.39, 0.29) is 5.56 Å². The van der Waals surface area contributed by atoms with E-state index in [9.17, 15) is 4.79 Å². The van der Waals surface area contributed by atoms with Crippen LogP contribution >= 0.6 is 0 Å². The summed E-state index contributed by atoms with van der Waals surface area (Å²) in [6.07, 6.45) is 0. The fraction of sp³-hybridized carbons (Fsp3) is 0.0714. The first-order chi connectivity index (χ1) is 8.06. The van der Waals surface area contributed by atoms with E-state index >= 15 is 0 Å². The van der Waals surface area contributed by atoms with E-state index in [0.717, 1.165) is 16.7 Å². The molecule has 0 fully saturated rings. The van der Waals surface area contributed by atoms with Gasteiger partial charge in [0.25, 0.3) is 0 Å². The molecule has 0 aromatic heterocycles. The van der Waals surface area contributed by atoms with E-state index in [1.807, 2.05) is 25.1 Å². The Morgan fingerprint density at radius 2 is 1.71 bits per heavy atom. The summed E-state index contributed by atoms with van der Waals surface area (Å²) in [5, 5.41) is 8.81. The lowest BCUT2D eigenvalue weighted by Gasteiger charge is -2.05. The van der Waals surface area contributed by atoms with E-state index in [1.165, 1.54) is 0 Å². The number of carbonyl (C=O) groups is 1. The van der Waals surface area contributed by atoms with E-state index in [0.29, 0.717) is 5.69 Å². The predicted octanol–water partition coefficient (Wildman–Crippen LogP) is 2.94. The van der Waals surface area contributed by atoms with E-state index < -0.39 is 5.97 Å². The fourth-order valence-corrected chi connectivity index (χ4v) is 1.78. The van der Waals surface area contributed by atoms with Crippen LogP contribution in [0.15, 0.2) is 42.5 Å². The van der Waals surface area contributed by atoms with E-state index in [1.54, 1.807) is 24.3 Å². The predicted molar refractivity (Wildman–Crippen MR) is 68.0 cm³/mol. The molecule has 3 heteroatoms. The average molecular weight is 227 g/mol. The standard InChI is InChI=1S/C14H13NO2/c1-9-6-12(8-13(15)7-9)10-2-4-11(5-3-10)14(16)17/h2-8H,15H2,1H3,(H,16,17). The maximum Gasteiger partial charge on any atom is 0.335 e. The van der Waals surface area contributed by atoms with Crippen LogP contribution in [-0.4, -0.2) is 11.1 Å². The van der Waals surface area contributed by atoms with Crippen molar-refractivity contribution in [3.63, 3.8) is 0 Å². The molecule has 3 N–H and O–H groups in total. The Bertz CT molecular complexity index is 539. The minimum atomic E-state index is -0.916. The molecule has 2 aromatic carbocycles. The SMILES string of the molecule is Cc1cc(N)cc(-c2ccc(C(=O)O)cc2)c1. The number of aromatic carboxylic acids is 1. The Balaban J connectivity index is 2.43. The number of carboxylic acid groups (broad SMARTS) is 1. The molecule has 3 nitrogen and oxygen atoms in total. The van der Waals surface area contributed by atoms with Gasteiger partial charge >= 0.3 is 5.97 Å². The van der Waals surface area contributed by atoms with Gasteiger partial charge in [-0.15, -0.1) is 0 Å². The molecule has 0 heterocycles. The zero-order valence-electron chi connectivity index (χ0n) is 9.47. The number of aryl methyl sites for hydroxylation is 1. The van der Waals surface area contributed by atoms with Crippen molar-refractivity contribution in [1.29, 1.82) is 0 Å². The monoisotopic (exact) mass is 227 g/mol. The third-order valence-electron chi connectivity index (χ3n) is 2.56. The molecule has 2 aromatic rings. The van der Waals surface area contributed by atoms with Gasteiger partial charge in [0.05, 0.1) is 5.56 Å². The summed E-state index contributed by atoms with van der Waals surface area (Å²) < 4.78 is 0. The first kappa shape index (κ1) is 11.2. The Morgan fingerprint density at radius 3 is 2.24 bits per heavy atom. The van der Waals surface area contributed by atoms with Gasteiger partial charge in [0.15, 0.2) is 0 Å². The summed E-state index contributed by atoms with van der Waals surface area (Å²) >= 11 is 0. The van der Waals surface area contributed by atoms with Gasteiger partial charge in [0.1, 0.15) is 0 Å². The molecule has 0 unspecified atom stereocenters. The van der Waals surface area contributed by atoms with Crippen molar-refractivity contribution in [2.24, 2.45) is 0 Å². The highest BCUT2D eigenvalue weighted by molar-refractivity contribution is 5.88. The molecule has 0 saturated heterocycles. The summed E-state index contributed by atoms with van der Waals surface area (Å²) in [6, 6.07) is 12.6. The highest BCUT2D eigenvalue weighted by Crippen LogP contribution is 2.23. The van der Waals surface area contributed by atoms with Crippen LogP contribution in [0.25, 0.3) is 11.1 Å². The molecule has 0 radical (unpaired) electrons. The van der Waals surface area contributed by atoms with Gasteiger partial charge < -0.3 is 10.8 Å². The lowest BCUT2D eigenvalue weighted by atomic mass is 10.0. The van der Waals surface area contributed by atoms with Gasteiger partial charge in [0, 0.05) is 5.69 Å². The quantitative estimate of drug-likeness (QED) is 0.775. The van der Waals surface area contributed by atoms with Crippen LogP contribution in [0, 0.1) is 6.92 Å². The molecule has 86 valence electrons. The molecule has 0 amide bonds. The Labute approximate surface area is 99.5 Å². The highest BCUT2D eigenvalue weighted by atomic mass is 16.4. The zero-order chi connectivity index (χ0) is 12.4. The van der Waals surface area contributed by atoms with Crippen LogP contribution < -0.4 is 5.73 Å². The Kier molecular flexibility index (Phi) is 2.83. The number of hydrogen-bond acceptors (Lipinski definition) is 2. The number of nitrogens with two attached hydrogens (primary N) is 1. The van der Waals surface area contributed by atoms with Crippen molar-refractivity contribution in [1.82, 2.24) is 0 Å². The third kappa shape index (κ3) is 2.45. The van der Waals surface area contributed by atoms with Crippen LogP contribution in [0.1, 0.15) is 15.9 Å². The maximum absolute atomic E-state index is 10.7. The van der Waals surface area contributed by atoms with Gasteiger partial charge in [-0.3, -0.25) is 0 Å². The third-order valence-corrected chi connectivity index (χ3v) is 2.56. The molecular weight excluding hydrogens is 214 g/mol. The van der Waals surface area contributed by atoms with Gasteiger partial charge in [-0.1, -0.05) is 18.2 Å². The van der Waals surface area contributed by atoms with Crippen molar-refractivity contribution in [3.8, 4) is 11.1 Å². The summed E-state index contributed by atoms with van der Waals surface area (Å²) in [5.41, 5.74) is 9.83. The number of rotatable bonds is 2. The number of benzene rings is 2. The smallest absolute Gasteiger partial charge is 0.335 e. The summed E-state index contributed by atoms with van der Waals surface area (Å²) in [6.45, 7) is 1.98. The van der Waals surface area contributed by atoms with Crippen LogP contribution in [0.4, 0.5) is 5.69 Å². The van der Waals surface area contributed by atoms with E-state index in [2.05, 4.69) is 0 Å². The zero-order valence-corrected chi connectivity index (χ0v) is 9.47. The Morgan fingerprint density at radius 1 is 1.06 bits per heavy atom. The number of nitrogen functional groups attached to an aromatic ring is 1. The molecule has 17 heavy (non-hydrogen) atoms. The molecule has 0 aliphatic rings. The number of hydrogen-bond donors (Lipinski definition) is 2. The van der Waals surface area contributed by atoms with Gasteiger partial charge in [-0.25, -0.2) is 4.79 Å². The second-order valence-corrected chi connectivity index (χ2v) is 4.01. The maximum atomic E-state index is 10.7. The molecule has 2 rings (SSSR count). The van der Waals surface area contributed by atoms with Crippen molar-refractivity contribution in [2.45, 2.75) is 6.92 Å². The van der Waals surface area contributed by atoms with Crippen molar-refractivity contribution in [3.05, 3.63) is 53.6 Å². The first-order valence-electron chi connectivity index (χ1n) is 5.27. The normalized spacial score (nSPS) is 10.2. The van der Waals surface area contributed by atoms with Crippen molar-refractivity contribution >= 4 is 11.7 Å². The fourth-order valence-electron chi connectivity index (χ4n) is 1.78. The summed E-state index contributed by atoms with van der Waals surface area (Å²) in [4.78, 5) is 10.7. The molecule has 0 aliphatic heterocycles. The number of anilines is 1. The van der Waals surface area contributed by atoms with Gasteiger partial charge in [-0.2, -0.15) is 0 Å². The average Bonchev–Trinajstić information content (AvgIpc) is 2.28. The number of carboxylic acids is 1. The van der Waals surface area contributed by atoms with Crippen molar-refractivity contribution in [2.75, 3.05) is 5.73 Å². The van der Waals surface area contributed by atoms with Crippen LogP contribution in [0.2, 0.25) is 0 Å². The van der Waals surface area contributed by atoms with Crippen LogP contribution in [-0.2, 0) is 0 Å². The molecule has 0 atom stereocenters. The Hall–Kier alpha value is -2.29. The minimum absolute atomic E-state index is 0.286. The molecule has 0 spiro atoms. The molecule has 0 bridgehead atoms. The van der Waals surface area contributed by atoms with Crippen LogP contribution in [0.5, 0.6) is 0 Å². The molecule has 0 saturated carbocycles. The highest BCUT2D eigenvalue weighted by Gasteiger charge is 2.04. The largest absolute Gasteiger partial charge is 0.478 e. The second kappa shape index (κ2) is 4.29. The van der Waals surface area contributed by atoms with Crippen molar-refractivity contribution < 1.29 is 9.90 Å². The summed E-state index contributed by atoms with van der Waals surface area (Å²) in [7, 11) is 0. The molecule has 0 aliphatic carbocycles.